The first-order chi connectivity index (χ1) is 8.76. The van der Waals surface area contributed by atoms with E-state index in [9.17, 15) is 0 Å². The summed E-state index contributed by atoms with van der Waals surface area (Å²) in [6.07, 6.45) is 4.09. The van der Waals surface area contributed by atoms with E-state index in [4.69, 9.17) is 16.0 Å². The van der Waals surface area contributed by atoms with Crippen LogP contribution in [0.15, 0.2) is 22.9 Å². The van der Waals surface area contributed by atoms with Crippen LogP contribution in [0.25, 0.3) is 11.5 Å². The second kappa shape index (κ2) is 5.93. The first kappa shape index (κ1) is 13.0. The van der Waals surface area contributed by atoms with Gasteiger partial charge in [0.25, 0.3) is 0 Å². The van der Waals surface area contributed by atoms with Gasteiger partial charge in [0.15, 0.2) is 0 Å². The largest absolute Gasteiger partial charge is 0.419 e. The Hall–Kier alpha value is -1.46. The molecule has 0 bridgehead atoms. The summed E-state index contributed by atoms with van der Waals surface area (Å²) >= 11 is 6.04. The van der Waals surface area contributed by atoms with Crippen molar-refractivity contribution in [2.75, 3.05) is 6.54 Å². The Labute approximate surface area is 111 Å². The highest BCUT2D eigenvalue weighted by Gasteiger charge is 2.17. The fourth-order valence-corrected chi connectivity index (χ4v) is 1.89. The smallest absolute Gasteiger partial charge is 0.249 e. The van der Waals surface area contributed by atoms with E-state index < -0.39 is 0 Å². The first-order valence-electron chi connectivity index (χ1n) is 5.92. The molecule has 0 saturated carbocycles. The van der Waals surface area contributed by atoms with E-state index >= 15 is 0 Å². The van der Waals surface area contributed by atoms with Gasteiger partial charge in [0.05, 0.1) is 16.6 Å². The van der Waals surface area contributed by atoms with Gasteiger partial charge in [0.1, 0.15) is 0 Å². The standard InChI is InChI=1S/C12H15ClN4O/c1-3-10(15-4-2)12-17-16-11(18-12)8-5-6-14-7-9(8)13/h5-7,10,15H,3-4H2,1-2H3. The molecule has 2 rings (SSSR count). The van der Waals surface area contributed by atoms with Gasteiger partial charge < -0.3 is 9.73 Å². The van der Waals surface area contributed by atoms with Gasteiger partial charge in [-0.2, -0.15) is 0 Å². The quantitative estimate of drug-likeness (QED) is 0.902. The van der Waals surface area contributed by atoms with Crippen molar-refractivity contribution >= 4 is 11.6 Å². The minimum atomic E-state index is 0.0804. The highest BCUT2D eigenvalue weighted by molar-refractivity contribution is 6.32. The van der Waals surface area contributed by atoms with Crippen LogP contribution in [0.5, 0.6) is 0 Å². The van der Waals surface area contributed by atoms with E-state index in [1.807, 2.05) is 6.92 Å². The van der Waals surface area contributed by atoms with Gasteiger partial charge in [-0.15, -0.1) is 10.2 Å². The van der Waals surface area contributed by atoms with Crippen molar-refractivity contribution in [3.05, 3.63) is 29.4 Å². The molecule has 1 unspecified atom stereocenters. The average molecular weight is 267 g/mol. The molecule has 1 atom stereocenters. The molecule has 0 radical (unpaired) electrons. The number of aromatic nitrogens is 3. The number of hydrogen-bond acceptors (Lipinski definition) is 5. The van der Waals surface area contributed by atoms with Crippen LogP contribution in [0.2, 0.25) is 5.02 Å². The Bertz CT molecular complexity index is 514. The average Bonchev–Trinajstić information content (AvgIpc) is 2.85. The molecule has 0 spiro atoms. The molecular weight excluding hydrogens is 252 g/mol. The summed E-state index contributed by atoms with van der Waals surface area (Å²) in [6, 6.07) is 1.84. The van der Waals surface area contributed by atoms with Crippen LogP contribution in [0, 0.1) is 0 Å². The van der Waals surface area contributed by atoms with Gasteiger partial charge in [-0.1, -0.05) is 25.4 Å². The summed E-state index contributed by atoms with van der Waals surface area (Å²) < 4.78 is 5.66. The summed E-state index contributed by atoms with van der Waals surface area (Å²) in [5, 5.41) is 11.9. The molecular formula is C12H15ClN4O. The summed E-state index contributed by atoms with van der Waals surface area (Å²) in [5.74, 6) is 1.01. The number of halogens is 1. The van der Waals surface area contributed by atoms with Crippen LogP contribution in [-0.2, 0) is 0 Å². The van der Waals surface area contributed by atoms with Crippen molar-refractivity contribution in [1.82, 2.24) is 20.5 Å². The van der Waals surface area contributed by atoms with E-state index in [0.717, 1.165) is 13.0 Å². The molecule has 0 saturated heterocycles. The molecule has 0 aliphatic carbocycles. The van der Waals surface area contributed by atoms with Crippen LogP contribution < -0.4 is 5.32 Å². The van der Waals surface area contributed by atoms with Crippen molar-refractivity contribution in [2.24, 2.45) is 0 Å². The van der Waals surface area contributed by atoms with Crippen molar-refractivity contribution < 1.29 is 4.42 Å². The van der Waals surface area contributed by atoms with Gasteiger partial charge in [-0.05, 0) is 19.0 Å². The molecule has 0 fully saturated rings. The molecule has 2 aromatic heterocycles. The maximum Gasteiger partial charge on any atom is 0.249 e. The van der Waals surface area contributed by atoms with Crippen molar-refractivity contribution in [1.29, 1.82) is 0 Å². The van der Waals surface area contributed by atoms with Gasteiger partial charge in [0, 0.05) is 12.4 Å². The summed E-state index contributed by atoms with van der Waals surface area (Å²) in [6.45, 7) is 4.96. The minimum Gasteiger partial charge on any atom is -0.419 e. The van der Waals surface area contributed by atoms with E-state index in [1.54, 1.807) is 18.5 Å². The van der Waals surface area contributed by atoms with Crippen molar-refractivity contribution in [3.63, 3.8) is 0 Å². The van der Waals surface area contributed by atoms with Gasteiger partial charge in [0.2, 0.25) is 11.8 Å². The van der Waals surface area contributed by atoms with Gasteiger partial charge >= 0.3 is 0 Å². The molecule has 18 heavy (non-hydrogen) atoms. The number of nitrogens with one attached hydrogen (secondary N) is 1. The number of nitrogens with zero attached hydrogens (tertiary/aromatic N) is 3. The maximum absolute atomic E-state index is 6.04. The second-order valence-electron chi connectivity index (χ2n) is 3.82. The molecule has 0 aromatic carbocycles. The Morgan fingerprint density at radius 3 is 2.89 bits per heavy atom. The molecule has 5 nitrogen and oxygen atoms in total. The normalized spacial score (nSPS) is 12.6. The fraction of sp³-hybridized carbons (Fsp3) is 0.417. The number of rotatable bonds is 5. The monoisotopic (exact) mass is 266 g/mol. The van der Waals surface area contributed by atoms with Crippen molar-refractivity contribution in [3.8, 4) is 11.5 Å². The fourth-order valence-electron chi connectivity index (χ4n) is 1.69. The summed E-state index contributed by atoms with van der Waals surface area (Å²) in [4.78, 5) is 3.92. The van der Waals surface area contributed by atoms with E-state index in [-0.39, 0.29) is 6.04 Å². The molecule has 96 valence electrons. The van der Waals surface area contributed by atoms with Crippen LogP contribution in [-0.4, -0.2) is 21.7 Å². The third-order valence-corrected chi connectivity index (χ3v) is 2.90. The summed E-state index contributed by atoms with van der Waals surface area (Å²) in [5.41, 5.74) is 0.705. The lowest BCUT2D eigenvalue weighted by atomic mass is 10.2. The molecule has 2 aromatic rings. The zero-order valence-electron chi connectivity index (χ0n) is 10.4. The predicted molar refractivity (Wildman–Crippen MR) is 69.2 cm³/mol. The molecule has 1 N–H and O–H groups in total. The van der Waals surface area contributed by atoms with E-state index in [2.05, 4.69) is 27.4 Å². The van der Waals surface area contributed by atoms with Crippen LogP contribution in [0.3, 0.4) is 0 Å². The Balaban J connectivity index is 2.28. The maximum atomic E-state index is 6.04. The van der Waals surface area contributed by atoms with Crippen LogP contribution in [0.4, 0.5) is 0 Å². The van der Waals surface area contributed by atoms with Crippen LogP contribution >= 0.6 is 11.6 Å². The number of pyridine rings is 1. The zero-order valence-corrected chi connectivity index (χ0v) is 11.1. The first-order valence-corrected chi connectivity index (χ1v) is 6.30. The van der Waals surface area contributed by atoms with Crippen molar-refractivity contribution in [2.45, 2.75) is 26.3 Å². The van der Waals surface area contributed by atoms with Gasteiger partial charge in [-0.3, -0.25) is 4.98 Å². The topological polar surface area (TPSA) is 63.8 Å². The molecule has 0 amide bonds. The lowest BCUT2D eigenvalue weighted by molar-refractivity contribution is 0.402. The Morgan fingerprint density at radius 1 is 1.39 bits per heavy atom. The lowest BCUT2D eigenvalue weighted by Gasteiger charge is -2.10. The SMILES string of the molecule is CCNC(CC)c1nnc(-c2ccncc2Cl)o1. The zero-order chi connectivity index (χ0) is 13.0. The molecule has 0 aliphatic rings. The lowest BCUT2D eigenvalue weighted by Crippen LogP contribution is -2.20. The van der Waals surface area contributed by atoms with Crippen LogP contribution in [0.1, 0.15) is 32.2 Å². The minimum absolute atomic E-state index is 0.0804. The highest BCUT2D eigenvalue weighted by atomic mass is 35.5. The predicted octanol–water partition coefficient (Wildman–Crippen LogP) is 2.85. The Kier molecular flexibility index (Phi) is 4.28. The van der Waals surface area contributed by atoms with E-state index in [0.29, 0.717) is 22.4 Å². The third-order valence-electron chi connectivity index (χ3n) is 2.60. The van der Waals surface area contributed by atoms with Gasteiger partial charge in [-0.25, -0.2) is 0 Å². The second-order valence-corrected chi connectivity index (χ2v) is 4.23. The van der Waals surface area contributed by atoms with E-state index in [1.165, 1.54) is 0 Å². The number of hydrogen-bond donors (Lipinski definition) is 1. The molecule has 0 aliphatic heterocycles. The summed E-state index contributed by atoms with van der Waals surface area (Å²) in [7, 11) is 0. The molecule has 6 heteroatoms. The molecule has 2 heterocycles. The highest BCUT2D eigenvalue weighted by Crippen LogP contribution is 2.27. The third kappa shape index (κ3) is 2.68. The Morgan fingerprint density at radius 2 is 2.22 bits per heavy atom.